The Hall–Kier alpha value is -2.74. The molecule has 4 N–H and O–H groups in total. The van der Waals surface area contributed by atoms with Gasteiger partial charge in [-0.2, -0.15) is 0 Å². The second-order valence-corrected chi connectivity index (χ2v) is 20.1. The van der Waals surface area contributed by atoms with Crippen LogP contribution in [0.4, 0.5) is 4.79 Å². The van der Waals surface area contributed by atoms with Crippen LogP contribution in [0.25, 0.3) is 0 Å². The van der Waals surface area contributed by atoms with Crippen molar-refractivity contribution in [2.45, 2.75) is 167 Å². The van der Waals surface area contributed by atoms with Crippen molar-refractivity contribution in [3.05, 3.63) is 0 Å². The minimum atomic E-state index is -3.70. The van der Waals surface area contributed by atoms with E-state index in [0.29, 0.717) is 32.2 Å². The molecule has 0 radical (unpaired) electrons. The summed E-state index contributed by atoms with van der Waals surface area (Å²) in [6.07, 6.45) is 8.60. The highest BCUT2D eigenvalue weighted by molar-refractivity contribution is 7.89. The maximum Gasteiger partial charge on any atom is 0.315 e. The van der Waals surface area contributed by atoms with Crippen LogP contribution in [0.1, 0.15) is 126 Å². The molecule has 6 atom stereocenters. The second kappa shape index (κ2) is 14.6. The maximum absolute atomic E-state index is 14.6. The number of amides is 5. The minimum Gasteiger partial charge on any atom is -0.347 e. The van der Waals surface area contributed by atoms with E-state index in [2.05, 4.69) is 35.1 Å². The summed E-state index contributed by atoms with van der Waals surface area (Å²) in [4.78, 5) is 70.1. The van der Waals surface area contributed by atoms with E-state index in [1.807, 2.05) is 27.7 Å². The predicted octanol–water partition coefficient (Wildman–Crippen LogP) is 3.22. The highest BCUT2D eigenvalue weighted by Crippen LogP contribution is 2.65. The Morgan fingerprint density at radius 1 is 0.961 bits per heavy atom. The molecule has 0 bridgehead atoms. The van der Waals surface area contributed by atoms with Crippen molar-refractivity contribution in [1.29, 1.82) is 0 Å². The number of likely N-dealkylation sites (tertiary alicyclic amines) is 1. The van der Waals surface area contributed by atoms with Gasteiger partial charge < -0.3 is 26.2 Å². The van der Waals surface area contributed by atoms with Crippen molar-refractivity contribution >= 4 is 39.6 Å². The lowest BCUT2D eigenvalue weighted by Gasteiger charge is -2.44. The van der Waals surface area contributed by atoms with Gasteiger partial charge in [-0.1, -0.05) is 73.6 Å². The second-order valence-electron chi connectivity index (χ2n) is 17.8. The van der Waals surface area contributed by atoms with E-state index in [1.54, 1.807) is 18.9 Å². The number of Topliss-reactive ketones (excluding diaryl/α,β-unsaturated/α-hetero) is 1. The van der Waals surface area contributed by atoms with Crippen molar-refractivity contribution in [2.75, 3.05) is 13.6 Å². The summed E-state index contributed by atoms with van der Waals surface area (Å²) in [5.74, 6) is -2.31. The fraction of sp³-hybridized carbons (Fsp3) is 0.865. The molecule has 5 amide bonds. The van der Waals surface area contributed by atoms with Crippen LogP contribution in [0.3, 0.4) is 0 Å². The van der Waals surface area contributed by atoms with E-state index < -0.39 is 73.9 Å². The molecule has 13 nitrogen and oxygen atoms in total. The number of unbranched alkanes of at least 4 members (excludes halogenated alkanes) is 1. The van der Waals surface area contributed by atoms with Gasteiger partial charge in [0.2, 0.25) is 27.6 Å². The molecule has 0 unspecified atom stereocenters. The molecule has 1 saturated heterocycles. The third-order valence-corrected chi connectivity index (χ3v) is 15.0. The molecule has 5 aliphatic rings. The number of carbonyl (C=O) groups excluding carboxylic acids is 5. The summed E-state index contributed by atoms with van der Waals surface area (Å²) >= 11 is 0. The average Bonchev–Trinajstić information content (AvgIpc) is 4.02. The predicted molar refractivity (Wildman–Crippen MR) is 194 cm³/mol. The first-order valence-electron chi connectivity index (χ1n) is 19.3. The number of piperidine rings is 1. The van der Waals surface area contributed by atoms with Crippen LogP contribution < -0.4 is 21.3 Å². The quantitative estimate of drug-likeness (QED) is 0.187. The fourth-order valence-corrected chi connectivity index (χ4v) is 10.6. The van der Waals surface area contributed by atoms with Crippen molar-refractivity contribution in [3.63, 3.8) is 0 Å². The van der Waals surface area contributed by atoms with Gasteiger partial charge in [-0.25, -0.2) is 17.5 Å². The number of carbonyl (C=O) groups is 5. The summed E-state index contributed by atoms with van der Waals surface area (Å²) in [7, 11) is -2.08. The third-order valence-electron chi connectivity index (χ3n) is 12.6. The lowest BCUT2D eigenvalue weighted by Crippen LogP contribution is -2.66. The van der Waals surface area contributed by atoms with E-state index in [1.165, 1.54) is 4.31 Å². The Bertz CT molecular complexity index is 1480. The monoisotopic (exact) mass is 734 g/mol. The zero-order valence-electron chi connectivity index (χ0n) is 32.0. The zero-order chi connectivity index (χ0) is 37.7. The van der Waals surface area contributed by atoms with Crippen molar-refractivity contribution < 1.29 is 32.4 Å². The first-order chi connectivity index (χ1) is 23.8. The molecule has 0 aromatic carbocycles. The molecule has 5 rings (SSSR count). The maximum atomic E-state index is 14.6. The molecule has 1 heterocycles. The fourth-order valence-electron chi connectivity index (χ4n) is 8.59. The molecule has 1 aliphatic heterocycles. The van der Waals surface area contributed by atoms with Gasteiger partial charge in [0.15, 0.2) is 0 Å². The van der Waals surface area contributed by atoms with Gasteiger partial charge in [0.05, 0.1) is 16.8 Å². The highest BCUT2D eigenvalue weighted by atomic mass is 32.2. The molecule has 51 heavy (non-hydrogen) atoms. The number of urea groups is 1. The molecule has 5 fully saturated rings. The van der Waals surface area contributed by atoms with Gasteiger partial charge in [0.25, 0.3) is 5.91 Å². The van der Waals surface area contributed by atoms with Crippen molar-refractivity contribution in [3.8, 4) is 0 Å². The number of hydrogen-bond donors (Lipinski definition) is 4. The normalized spacial score (nSPS) is 27.1. The lowest BCUT2D eigenvalue weighted by molar-refractivity contribution is -0.145. The number of ketones is 1. The van der Waals surface area contributed by atoms with Gasteiger partial charge in [-0.05, 0) is 74.5 Å². The van der Waals surface area contributed by atoms with E-state index in [4.69, 9.17) is 0 Å². The Morgan fingerprint density at radius 2 is 1.59 bits per heavy atom. The van der Waals surface area contributed by atoms with Gasteiger partial charge in [0.1, 0.15) is 12.1 Å². The van der Waals surface area contributed by atoms with Crippen molar-refractivity contribution in [2.24, 2.45) is 22.7 Å². The molecule has 4 saturated carbocycles. The third kappa shape index (κ3) is 8.26. The number of fused-ring (bicyclic) bond motifs is 1. The summed E-state index contributed by atoms with van der Waals surface area (Å²) in [6, 6.07) is -3.51. The summed E-state index contributed by atoms with van der Waals surface area (Å²) in [6.45, 7) is 13.7. The van der Waals surface area contributed by atoms with Crippen LogP contribution in [0.15, 0.2) is 0 Å². The smallest absolute Gasteiger partial charge is 0.315 e. The molecular weight excluding hydrogens is 673 g/mol. The highest BCUT2D eigenvalue weighted by Gasteiger charge is 2.70. The molecule has 14 heteroatoms. The number of nitrogens with zero attached hydrogens (tertiary/aromatic N) is 2. The Morgan fingerprint density at radius 3 is 2.14 bits per heavy atom. The first kappa shape index (κ1) is 39.5. The van der Waals surface area contributed by atoms with Crippen LogP contribution in [-0.2, 0) is 29.2 Å². The van der Waals surface area contributed by atoms with Crippen LogP contribution in [0, 0.1) is 22.7 Å². The van der Waals surface area contributed by atoms with Crippen LogP contribution in [-0.4, -0.2) is 102 Å². The Balaban J connectivity index is 1.34. The first-order valence-corrected chi connectivity index (χ1v) is 20.8. The molecule has 0 aromatic heterocycles. The molecule has 4 aliphatic carbocycles. The Kier molecular flexibility index (Phi) is 11.3. The van der Waals surface area contributed by atoms with Crippen LogP contribution in [0.2, 0.25) is 0 Å². The molecular formula is C37H62N6O7S. The SMILES string of the molecule is CCCC[C@H](NC(=O)[C@@H]1[C@@H]2[C@H](CN1C(=O)[C@@H](NC(=O)NC1([C@@H](C)S(=O)(=O)N(C)C3CC3)CCCCC1)C(C)(C)C)C2(C)C)C(=O)C(=O)NC1CC1. The van der Waals surface area contributed by atoms with Crippen LogP contribution in [0.5, 0.6) is 0 Å². The van der Waals surface area contributed by atoms with Crippen molar-refractivity contribution in [1.82, 2.24) is 30.5 Å². The number of hydrogen-bond acceptors (Lipinski definition) is 7. The number of sulfonamides is 1. The number of rotatable bonds is 15. The zero-order valence-corrected chi connectivity index (χ0v) is 32.8. The minimum absolute atomic E-state index is 0.00320. The van der Waals surface area contributed by atoms with E-state index in [9.17, 15) is 32.4 Å². The van der Waals surface area contributed by atoms with Crippen LogP contribution >= 0.6 is 0 Å². The van der Waals surface area contributed by atoms with Gasteiger partial charge in [-0.15, -0.1) is 0 Å². The molecule has 0 spiro atoms. The van der Waals surface area contributed by atoms with Gasteiger partial charge in [0, 0.05) is 25.7 Å². The summed E-state index contributed by atoms with van der Waals surface area (Å²) in [5, 5.41) is 10.7. The topological polar surface area (TPSA) is 174 Å². The van der Waals surface area contributed by atoms with E-state index in [0.717, 1.165) is 51.4 Å². The molecule has 288 valence electrons. The van der Waals surface area contributed by atoms with E-state index >= 15 is 0 Å². The summed E-state index contributed by atoms with van der Waals surface area (Å²) in [5.41, 5.74) is -1.96. The lowest BCUT2D eigenvalue weighted by atomic mass is 9.79. The standard InChI is InChI=1S/C37H62N6O7S/c1-9-10-14-26(29(44)32(46)38-23-15-16-23)39-31(45)28-27-25(36(27,6)7)21-43(28)33(47)30(35(3,4)5)40-34(48)41-37(19-12-11-13-20-37)22(2)51(49,50)42(8)24-17-18-24/h22-28,30H,9-21H2,1-8H3,(H,38,46)(H,39,45)(H2,40,41,48)/t22-,25+,26+,27+,28+,30-/m1/s1. The average molecular weight is 735 g/mol. The van der Waals surface area contributed by atoms with E-state index in [-0.39, 0.29) is 29.3 Å². The largest absolute Gasteiger partial charge is 0.347 e. The van der Waals surface area contributed by atoms with Gasteiger partial charge >= 0.3 is 6.03 Å². The van der Waals surface area contributed by atoms with Gasteiger partial charge in [-0.3, -0.25) is 19.2 Å². The number of nitrogens with one attached hydrogen (secondary N) is 4. The Labute approximate surface area is 304 Å². The summed E-state index contributed by atoms with van der Waals surface area (Å²) < 4.78 is 28.9. The molecule has 0 aromatic rings.